The van der Waals surface area contributed by atoms with Gasteiger partial charge in [-0.2, -0.15) is 0 Å². The zero-order valence-electron chi connectivity index (χ0n) is 32.8. The molecule has 0 bridgehead atoms. The summed E-state index contributed by atoms with van der Waals surface area (Å²) < 4.78 is 5.06. The first kappa shape index (κ1) is 41.1. The number of fused-ring (bicyclic) bond motifs is 3. The van der Waals surface area contributed by atoms with E-state index in [4.69, 9.17) is 4.74 Å². The number of nitrogens with one attached hydrogen (secondary N) is 3. The second-order valence-electron chi connectivity index (χ2n) is 14.8. The van der Waals surface area contributed by atoms with Crippen molar-refractivity contribution in [2.75, 3.05) is 12.4 Å². The fraction of sp³-hybridized carbons (Fsp3) is 0.229. The summed E-state index contributed by atoms with van der Waals surface area (Å²) in [5.74, 6) is -1.37. The Morgan fingerprint density at radius 1 is 0.712 bits per heavy atom. The molecule has 3 amide bonds. The van der Waals surface area contributed by atoms with Crippen LogP contribution in [0.3, 0.4) is 0 Å². The number of aromatic nitrogens is 1. The van der Waals surface area contributed by atoms with Gasteiger partial charge in [0.15, 0.2) is 0 Å². The van der Waals surface area contributed by atoms with Gasteiger partial charge in [-0.15, -0.1) is 23.1 Å². The summed E-state index contributed by atoms with van der Waals surface area (Å²) in [6.07, 6.45) is 0.00153. The van der Waals surface area contributed by atoms with Crippen LogP contribution in [0.2, 0.25) is 0 Å². The number of carbonyl (C=O) groups is 4. The highest BCUT2D eigenvalue weighted by Crippen LogP contribution is 2.49. The Morgan fingerprint density at radius 3 is 1.71 bits per heavy atom. The second kappa shape index (κ2) is 19.1. The van der Waals surface area contributed by atoms with E-state index in [0.717, 1.165) is 38.9 Å². The van der Waals surface area contributed by atoms with Gasteiger partial charge in [0.25, 0.3) is 0 Å². The molecule has 0 radical (unpaired) electrons. The first-order valence-electron chi connectivity index (χ1n) is 19.6. The van der Waals surface area contributed by atoms with E-state index in [0.29, 0.717) is 12.0 Å². The molecule has 1 aliphatic rings. The van der Waals surface area contributed by atoms with E-state index in [9.17, 15) is 19.2 Å². The van der Waals surface area contributed by atoms with Crippen molar-refractivity contribution in [1.29, 1.82) is 0 Å². The van der Waals surface area contributed by atoms with E-state index in [1.54, 1.807) is 5.51 Å². The van der Waals surface area contributed by atoms with Crippen molar-refractivity contribution in [3.8, 4) is 11.1 Å². The van der Waals surface area contributed by atoms with Crippen molar-refractivity contribution < 1.29 is 23.9 Å². The third kappa shape index (κ3) is 9.32. The van der Waals surface area contributed by atoms with Crippen molar-refractivity contribution in [2.24, 2.45) is 5.92 Å². The van der Waals surface area contributed by atoms with Crippen LogP contribution in [0.15, 0.2) is 150 Å². The van der Waals surface area contributed by atoms with Crippen LogP contribution in [0.1, 0.15) is 53.3 Å². The topological polar surface area (TPSA) is 126 Å². The molecule has 1 aromatic heterocycles. The van der Waals surface area contributed by atoms with Gasteiger partial charge in [-0.3, -0.25) is 9.59 Å². The summed E-state index contributed by atoms with van der Waals surface area (Å²) in [5.41, 5.74) is 9.55. The zero-order chi connectivity index (χ0) is 41.2. The largest absolute Gasteiger partial charge is 0.449 e. The highest BCUT2D eigenvalue weighted by molar-refractivity contribution is 8.00. The lowest BCUT2D eigenvalue weighted by molar-refractivity contribution is -0.130. The van der Waals surface area contributed by atoms with Gasteiger partial charge in [0.05, 0.1) is 22.0 Å². The Kier molecular flexibility index (Phi) is 13.3. The van der Waals surface area contributed by atoms with E-state index in [-0.39, 0.29) is 30.6 Å². The summed E-state index contributed by atoms with van der Waals surface area (Å²) >= 11 is 2.88. The number of nitrogens with zero attached hydrogens (tertiary/aromatic N) is 1. The predicted molar refractivity (Wildman–Crippen MR) is 234 cm³/mol. The zero-order valence-corrected chi connectivity index (χ0v) is 34.5. The van der Waals surface area contributed by atoms with Crippen LogP contribution in [-0.2, 0) is 30.3 Å². The van der Waals surface area contributed by atoms with Gasteiger partial charge < -0.3 is 25.5 Å². The Labute approximate surface area is 353 Å². The van der Waals surface area contributed by atoms with Gasteiger partial charge in [0.2, 0.25) is 11.8 Å². The van der Waals surface area contributed by atoms with Crippen LogP contribution in [0, 0.1) is 5.92 Å². The highest BCUT2D eigenvalue weighted by atomic mass is 32.2. The van der Waals surface area contributed by atoms with Crippen LogP contribution in [-0.4, -0.2) is 59.7 Å². The fourth-order valence-electron chi connectivity index (χ4n) is 7.59. The molecule has 5 aromatic carbocycles. The molecule has 300 valence electrons. The molecule has 11 heteroatoms. The maximum atomic E-state index is 14.5. The Bertz CT molecular complexity index is 2200. The number of alkyl carbamates (subject to hydrolysis) is 1. The van der Waals surface area contributed by atoms with Gasteiger partial charge in [-0.1, -0.05) is 153 Å². The number of ether oxygens (including phenoxy) is 1. The molecule has 6 aromatic rings. The maximum Gasteiger partial charge on any atom is 0.407 e. The Balaban J connectivity index is 1.16. The second-order valence-corrected chi connectivity index (χ2v) is 16.7. The van der Waals surface area contributed by atoms with E-state index in [1.165, 1.54) is 23.1 Å². The highest BCUT2D eigenvalue weighted by Gasteiger charge is 2.39. The van der Waals surface area contributed by atoms with Crippen molar-refractivity contribution in [3.63, 3.8) is 0 Å². The molecule has 0 fully saturated rings. The summed E-state index contributed by atoms with van der Waals surface area (Å²) in [5, 5.41) is 10.4. The van der Waals surface area contributed by atoms with Crippen molar-refractivity contribution in [2.45, 2.75) is 49.1 Å². The van der Waals surface area contributed by atoms with Gasteiger partial charge in [0.1, 0.15) is 25.0 Å². The normalized spacial score (nSPS) is 13.7. The Morgan fingerprint density at radius 2 is 1.22 bits per heavy atom. The van der Waals surface area contributed by atoms with Crippen LogP contribution in [0.5, 0.6) is 0 Å². The molecule has 3 N–H and O–H groups in total. The number of carbonyl (C=O) groups excluding carboxylic acids is 4. The minimum Gasteiger partial charge on any atom is -0.449 e. The molecule has 59 heavy (non-hydrogen) atoms. The van der Waals surface area contributed by atoms with E-state index in [1.807, 2.05) is 110 Å². The average molecular weight is 823 g/mol. The standard InChI is InChI=1S/C48H46N4O5S2/c1-32(2)43(27-53)50-46(55)44(30-59-48(33-16-6-3-7-17-33,34-18-8-4-9-19-34)35-20-10-5-11-21-35)51-45(54)42(26-36-29-58-31-49-36)52-47(56)57-28-41-39-24-14-12-22-37(39)38-23-13-15-25-40(38)41/h3-25,27,29,31-32,41-44H,26,28,30H2,1-2H3,(H,50,55)(H,51,54)(H,52,56)/t42-,43+,44-/m1/s1. The molecule has 1 aliphatic carbocycles. The Hall–Kier alpha value is -6.04. The van der Waals surface area contributed by atoms with E-state index in [2.05, 4.69) is 69.5 Å². The van der Waals surface area contributed by atoms with E-state index >= 15 is 0 Å². The number of hydrogen-bond acceptors (Lipinski definition) is 8. The minimum absolute atomic E-state index is 0.0615. The molecule has 1 heterocycles. The number of hydrogen-bond donors (Lipinski definition) is 3. The van der Waals surface area contributed by atoms with Crippen LogP contribution in [0.4, 0.5) is 4.79 Å². The van der Waals surface area contributed by atoms with Crippen molar-refractivity contribution in [1.82, 2.24) is 20.9 Å². The molecule has 0 aliphatic heterocycles. The molecule has 9 nitrogen and oxygen atoms in total. The van der Waals surface area contributed by atoms with Gasteiger partial charge in [-0.05, 0) is 44.9 Å². The average Bonchev–Trinajstić information content (AvgIpc) is 3.91. The monoisotopic (exact) mass is 822 g/mol. The molecule has 0 spiro atoms. The van der Waals surface area contributed by atoms with Gasteiger partial charge >= 0.3 is 6.09 Å². The fourth-order valence-corrected chi connectivity index (χ4v) is 9.72. The number of thiazole rings is 1. The SMILES string of the molecule is CC(C)[C@H](C=O)NC(=O)[C@@H](CSC(c1ccccc1)(c1ccccc1)c1ccccc1)NC(=O)[C@@H](Cc1cscn1)NC(=O)OCC1c2ccccc2-c2ccccc21. The van der Waals surface area contributed by atoms with E-state index < -0.39 is 40.8 Å². The molecular weight excluding hydrogens is 777 g/mol. The first-order valence-corrected chi connectivity index (χ1v) is 21.6. The summed E-state index contributed by atoms with van der Waals surface area (Å²) in [6.45, 7) is 3.75. The van der Waals surface area contributed by atoms with Gasteiger partial charge in [0, 0.05) is 23.5 Å². The quantitative estimate of drug-likeness (QED) is 0.0627. The number of rotatable bonds is 17. The summed E-state index contributed by atoms with van der Waals surface area (Å²) in [4.78, 5) is 58.9. The molecule has 0 saturated heterocycles. The lowest BCUT2D eigenvalue weighted by Crippen LogP contribution is -2.57. The van der Waals surface area contributed by atoms with Crippen LogP contribution < -0.4 is 16.0 Å². The minimum atomic E-state index is -1.14. The van der Waals surface area contributed by atoms with Crippen LogP contribution >= 0.6 is 23.1 Å². The summed E-state index contributed by atoms with van der Waals surface area (Å²) in [6, 6.07) is 43.2. The maximum absolute atomic E-state index is 14.5. The number of benzene rings is 5. The molecular formula is C48H46N4O5S2. The molecule has 3 atom stereocenters. The third-order valence-electron chi connectivity index (χ3n) is 10.7. The third-order valence-corrected chi connectivity index (χ3v) is 12.9. The molecule has 0 unspecified atom stereocenters. The van der Waals surface area contributed by atoms with Crippen LogP contribution in [0.25, 0.3) is 11.1 Å². The summed E-state index contributed by atoms with van der Waals surface area (Å²) in [7, 11) is 0. The van der Waals surface area contributed by atoms with Crippen molar-refractivity contribution >= 4 is 47.3 Å². The number of amides is 3. The predicted octanol–water partition coefficient (Wildman–Crippen LogP) is 8.14. The van der Waals surface area contributed by atoms with Gasteiger partial charge in [-0.25, -0.2) is 9.78 Å². The number of thioether (sulfide) groups is 1. The molecule has 0 saturated carbocycles. The van der Waals surface area contributed by atoms with Crippen molar-refractivity contribution in [3.05, 3.63) is 184 Å². The number of aldehydes is 1. The lowest BCUT2D eigenvalue weighted by atomic mass is 9.84. The lowest BCUT2D eigenvalue weighted by Gasteiger charge is -2.36. The first-order chi connectivity index (χ1) is 28.8. The smallest absolute Gasteiger partial charge is 0.407 e. The molecule has 7 rings (SSSR count).